The summed E-state index contributed by atoms with van der Waals surface area (Å²) in [6, 6.07) is 7.62. The largest absolute Gasteiger partial charge is 0.496 e. The number of hydrogen-bond donors (Lipinski definition) is 0. The van der Waals surface area contributed by atoms with Crippen molar-refractivity contribution in [2.45, 2.75) is 0 Å². The molecule has 0 unspecified atom stereocenters. The van der Waals surface area contributed by atoms with E-state index in [-0.39, 0.29) is 11.1 Å². The number of halogens is 3. The predicted molar refractivity (Wildman–Crippen MR) is 70.5 cm³/mol. The van der Waals surface area contributed by atoms with Gasteiger partial charge >= 0.3 is 0 Å². The minimum atomic E-state index is -0.894. The Morgan fingerprint density at radius 1 is 1.11 bits per heavy atom. The molecule has 98 valence electrons. The Labute approximate surface area is 117 Å². The Hall–Kier alpha value is -1.75. The number of carbonyl (C=O) groups excluding carboxylic acids is 1. The molecule has 0 aliphatic heterocycles. The monoisotopic (exact) mass is 326 g/mol. The Morgan fingerprint density at radius 3 is 2.42 bits per heavy atom. The van der Waals surface area contributed by atoms with Crippen molar-refractivity contribution in [3.63, 3.8) is 0 Å². The molecule has 0 aliphatic carbocycles. The Morgan fingerprint density at radius 2 is 1.79 bits per heavy atom. The summed E-state index contributed by atoms with van der Waals surface area (Å²) in [5.74, 6) is -1.85. The van der Waals surface area contributed by atoms with Crippen molar-refractivity contribution in [2.24, 2.45) is 0 Å². The molecule has 0 radical (unpaired) electrons. The molecule has 2 aromatic rings. The number of ether oxygens (including phenoxy) is 1. The van der Waals surface area contributed by atoms with Gasteiger partial charge in [-0.3, -0.25) is 4.79 Å². The Kier molecular flexibility index (Phi) is 3.95. The van der Waals surface area contributed by atoms with E-state index in [2.05, 4.69) is 15.9 Å². The van der Waals surface area contributed by atoms with Crippen LogP contribution in [0.3, 0.4) is 0 Å². The van der Waals surface area contributed by atoms with E-state index < -0.39 is 17.4 Å². The summed E-state index contributed by atoms with van der Waals surface area (Å²) in [4.78, 5) is 12.2. The van der Waals surface area contributed by atoms with E-state index >= 15 is 0 Å². The number of ketones is 1. The summed E-state index contributed by atoms with van der Waals surface area (Å²) in [5, 5.41) is 0. The number of methoxy groups -OCH3 is 1. The lowest BCUT2D eigenvalue weighted by Gasteiger charge is -2.08. The van der Waals surface area contributed by atoms with E-state index in [4.69, 9.17) is 4.74 Å². The van der Waals surface area contributed by atoms with E-state index in [1.165, 1.54) is 13.2 Å². The van der Waals surface area contributed by atoms with E-state index in [0.29, 0.717) is 11.8 Å². The van der Waals surface area contributed by atoms with Crippen molar-refractivity contribution in [2.75, 3.05) is 7.11 Å². The third kappa shape index (κ3) is 2.81. The second-order valence-corrected chi connectivity index (χ2v) is 4.71. The zero-order chi connectivity index (χ0) is 14.0. The van der Waals surface area contributed by atoms with E-state index in [1.807, 2.05) is 0 Å². The number of rotatable bonds is 3. The number of hydrogen-bond acceptors (Lipinski definition) is 2. The van der Waals surface area contributed by atoms with Gasteiger partial charge in [0.2, 0.25) is 0 Å². The average molecular weight is 327 g/mol. The van der Waals surface area contributed by atoms with Gasteiger partial charge in [-0.25, -0.2) is 8.78 Å². The predicted octanol–water partition coefficient (Wildman–Crippen LogP) is 3.97. The van der Waals surface area contributed by atoms with Crippen molar-refractivity contribution in [3.8, 4) is 5.75 Å². The molecule has 2 nitrogen and oxygen atoms in total. The fraction of sp³-hybridized carbons (Fsp3) is 0.0714. The lowest BCUT2D eigenvalue weighted by Crippen LogP contribution is -2.06. The van der Waals surface area contributed by atoms with Gasteiger partial charge in [0.05, 0.1) is 18.2 Å². The van der Waals surface area contributed by atoms with Crippen molar-refractivity contribution in [3.05, 3.63) is 63.6 Å². The summed E-state index contributed by atoms with van der Waals surface area (Å²) < 4.78 is 32.2. The lowest BCUT2D eigenvalue weighted by atomic mass is 10.0. The van der Waals surface area contributed by atoms with Gasteiger partial charge in [-0.1, -0.05) is 15.9 Å². The van der Waals surface area contributed by atoms with Gasteiger partial charge < -0.3 is 4.74 Å². The topological polar surface area (TPSA) is 26.3 Å². The van der Waals surface area contributed by atoms with E-state index in [1.54, 1.807) is 12.1 Å². The van der Waals surface area contributed by atoms with Crippen LogP contribution in [-0.2, 0) is 0 Å². The van der Waals surface area contributed by atoms with Gasteiger partial charge in [-0.2, -0.15) is 0 Å². The van der Waals surface area contributed by atoms with Crippen LogP contribution in [0, 0.1) is 11.6 Å². The highest BCUT2D eigenvalue weighted by molar-refractivity contribution is 9.10. The third-order valence-electron chi connectivity index (χ3n) is 2.58. The van der Waals surface area contributed by atoms with Crippen LogP contribution in [0.5, 0.6) is 5.75 Å². The van der Waals surface area contributed by atoms with Gasteiger partial charge in [0, 0.05) is 10.5 Å². The maximum absolute atomic E-state index is 13.6. The molecule has 0 amide bonds. The molecule has 0 fully saturated rings. The summed E-state index contributed by atoms with van der Waals surface area (Å²) in [6.07, 6.45) is 0. The molecule has 0 aliphatic rings. The molecule has 0 heterocycles. The molecule has 5 heteroatoms. The average Bonchev–Trinajstić information content (AvgIpc) is 2.37. The summed E-state index contributed by atoms with van der Waals surface area (Å²) in [6.45, 7) is 0. The quantitative estimate of drug-likeness (QED) is 0.798. The van der Waals surface area contributed by atoms with Crippen molar-refractivity contribution in [1.82, 2.24) is 0 Å². The van der Waals surface area contributed by atoms with Gasteiger partial charge in [0.1, 0.15) is 17.4 Å². The summed E-state index contributed by atoms with van der Waals surface area (Å²) >= 11 is 3.25. The Balaban J connectivity index is 2.50. The highest BCUT2D eigenvalue weighted by atomic mass is 79.9. The highest BCUT2D eigenvalue weighted by Gasteiger charge is 2.18. The SMILES string of the molecule is COc1cc(Br)ccc1C(=O)c1ccc(F)cc1F. The normalized spacial score (nSPS) is 10.3. The van der Waals surface area contributed by atoms with Gasteiger partial charge in [0.25, 0.3) is 0 Å². The summed E-state index contributed by atoms with van der Waals surface area (Å²) in [5.41, 5.74) is 0.0261. The molecule has 0 saturated carbocycles. The highest BCUT2D eigenvalue weighted by Crippen LogP contribution is 2.26. The first-order valence-electron chi connectivity index (χ1n) is 5.36. The van der Waals surface area contributed by atoms with Crippen LogP contribution >= 0.6 is 15.9 Å². The Bertz CT molecular complexity index is 641. The fourth-order valence-corrected chi connectivity index (χ4v) is 2.01. The summed E-state index contributed by atoms with van der Waals surface area (Å²) in [7, 11) is 1.42. The molecule has 19 heavy (non-hydrogen) atoms. The lowest BCUT2D eigenvalue weighted by molar-refractivity contribution is 0.103. The molecule has 2 rings (SSSR count). The van der Waals surface area contributed by atoms with E-state index in [0.717, 1.165) is 16.6 Å². The zero-order valence-electron chi connectivity index (χ0n) is 9.91. The molecule has 2 aromatic carbocycles. The first-order valence-corrected chi connectivity index (χ1v) is 6.15. The smallest absolute Gasteiger partial charge is 0.199 e. The molecule has 0 saturated heterocycles. The first kappa shape index (κ1) is 13.7. The molecular weight excluding hydrogens is 318 g/mol. The minimum absolute atomic E-state index is 0.193. The van der Waals surface area contributed by atoms with Crippen LogP contribution in [0.4, 0.5) is 8.78 Å². The van der Waals surface area contributed by atoms with Crippen molar-refractivity contribution >= 4 is 21.7 Å². The maximum Gasteiger partial charge on any atom is 0.199 e. The number of carbonyl (C=O) groups is 1. The molecule has 0 atom stereocenters. The van der Waals surface area contributed by atoms with Gasteiger partial charge in [0.15, 0.2) is 5.78 Å². The molecule has 0 spiro atoms. The van der Waals surface area contributed by atoms with Crippen LogP contribution < -0.4 is 4.74 Å². The molecule has 0 bridgehead atoms. The van der Waals surface area contributed by atoms with Crippen molar-refractivity contribution in [1.29, 1.82) is 0 Å². The second-order valence-electron chi connectivity index (χ2n) is 3.80. The van der Waals surface area contributed by atoms with Gasteiger partial charge in [-0.15, -0.1) is 0 Å². The fourth-order valence-electron chi connectivity index (χ4n) is 1.67. The zero-order valence-corrected chi connectivity index (χ0v) is 11.5. The standard InChI is InChI=1S/C14H9BrF2O2/c1-19-13-6-8(15)2-4-11(13)14(18)10-5-3-9(16)7-12(10)17/h2-7H,1H3. The van der Waals surface area contributed by atoms with Crippen molar-refractivity contribution < 1.29 is 18.3 Å². The van der Waals surface area contributed by atoms with Crippen LogP contribution in [-0.4, -0.2) is 12.9 Å². The number of benzene rings is 2. The first-order chi connectivity index (χ1) is 9.02. The van der Waals surface area contributed by atoms with Crippen LogP contribution in [0.25, 0.3) is 0 Å². The van der Waals surface area contributed by atoms with Gasteiger partial charge in [-0.05, 0) is 30.3 Å². The molecule has 0 aromatic heterocycles. The minimum Gasteiger partial charge on any atom is -0.496 e. The van der Waals surface area contributed by atoms with Crippen LogP contribution in [0.15, 0.2) is 40.9 Å². The third-order valence-corrected chi connectivity index (χ3v) is 3.08. The maximum atomic E-state index is 13.6. The second kappa shape index (κ2) is 5.48. The molecule has 0 N–H and O–H groups in total. The van der Waals surface area contributed by atoms with E-state index in [9.17, 15) is 13.6 Å². The van der Waals surface area contributed by atoms with Crippen LogP contribution in [0.1, 0.15) is 15.9 Å². The molecular formula is C14H9BrF2O2. The van der Waals surface area contributed by atoms with Crippen LogP contribution in [0.2, 0.25) is 0 Å².